The summed E-state index contributed by atoms with van der Waals surface area (Å²) in [6.45, 7) is 3.62. The van der Waals surface area contributed by atoms with Crippen molar-refractivity contribution >= 4 is 22.7 Å². The summed E-state index contributed by atoms with van der Waals surface area (Å²) in [6.07, 6.45) is 3.97. The van der Waals surface area contributed by atoms with Crippen LogP contribution in [-0.4, -0.2) is 28.0 Å². The monoisotopic (exact) mass is 371 g/mol. The van der Waals surface area contributed by atoms with Gasteiger partial charge >= 0.3 is 0 Å². The first-order valence-corrected chi connectivity index (χ1v) is 9.70. The van der Waals surface area contributed by atoms with Crippen LogP contribution in [0.3, 0.4) is 0 Å². The molecule has 5 heteroatoms. The molecular formula is C23H25N5. The Labute approximate surface area is 165 Å². The maximum Gasteiger partial charge on any atom is 0.224 e. The number of aromatic amines is 1. The number of aromatic nitrogens is 3. The van der Waals surface area contributed by atoms with Gasteiger partial charge in [-0.15, -0.1) is 0 Å². The highest BCUT2D eigenvalue weighted by Crippen LogP contribution is 2.18. The smallest absolute Gasteiger partial charge is 0.224 e. The lowest BCUT2D eigenvalue weighted by atomic mass is 10.1. The summed E-state index contributed by atoms with van der Waals surface area (Å²) in [5, 5.41) is 8.05. The fraction of sp³-hybridized carbons (Fsp3) is 0.217. The van der Waals surface area contributed by atoms with Gasteiger partial charge in [-0.25, -0.2) is 4.98 Å². The predicted molar refractivity (Wildman–Crippen MR) is 116 cm³/mol. The molecule has 5 nitrogen and oxygen atoms in total. The molecule has 0 atom stereocenters. The standard InChI is InChI=1S/C23H25N5/c1-17-15-22(24-14-12-19-16-26-21-10-6-5-9-20(19)21)28-23(27-17)25-13-11-18-7-3-2-4-8-18/h2-10,15-16,26H,11-14H2,1H3,(H2,24,25,27,28). The second-order valence-electron chi connectivity index (χ2n) is 6.92. The van der Waals surface area contributed by atoms with Gasteiger partial charge in [-0.2, -0.15) is 4.98 Å². The summed E-state index contributed by atoms with van der Waals surface area (Å²) in [5.41, 5.74) is 4.75. The highest BCUT2D eigenvalue weighted by Gasteiger charge is 2.05. The van der Waals surface area contributed by atoms with Gasteiger partial charge in [-0.1, -0.05) is 48.5 Å². The van der Waals surface area contributed by atoms with Crippen molar-refractivity contribution in [2.24, 2.45) is 0 Å². The van der Waals surface area contributed by atoms with E-state index in [4.69, 9.17) is 0 Å². The number of H-pyrrole nitrogens is 1. The Morgan fingerprint density at radius 2 is 1.64 bits per heavy atom. The van der Waals surface area contributed by atoms with Gasteiger partial charge < -0.3 is 15.6 Å². The molecule has 142 valence electrons. The number of benzene rings is 2. The Balaban J connectivity index is 1.33. The van der Waals surface area contributed by atoms with E-state index in [1.165, 1.54) is 22.0 Å². The molecule has 0 amide bonds. The average Bonchev–Trinajstić information content (AvgIpc) is 3.12. The van der Waals surface area contributed by atoms with Gasteiger partial charge in [0.2, 0.25) is 5.95 Å². The lowest BCUT2D eigenvalue weighted by Crippen LogP contribution is -2.11. The molecule has 0 spiro atoms. The van der Waals surface area contributed by atoms with E-state index >= 15 is 0 Å². The van der Waals surface area contributed by atoms with Gasteiger partial charge in [-0.3, -0.25) is 0 Å². The molecule has 4 aromatic rings. The van der Waals surface area contributed by atoms with E-state index in [0.29, 0.717) is 5.95 Å². The molecule has 28 heavy (non-hydrogen) atoms. The van der Waals surface area contributed by atoms with Gasteiger partial charge in [0.05, 0.1) is 0 Å². The lowest BCUT2D eigenvalue weighted by Gasteiger charge is -2.10. The number of para-hydroxylation sites is 1. The largest absolute Gasteiger partial charge is 0.370 e. The van der Waals surface area contributed by atoms with Crippen LogP contribution in [0.25, 0.3) is 10.9 Å². The van der Waals surface area contributed by atoms with Crippen molar-refractivity contribution in [3.63, 3.8) is 0 Å². The minimum Gasteiger partial charge on any atom is -0.370 e. The molecule has 3 N–H and O–H groups in total. The van der Waals surface area contributed by atoms with Crippen molar-refractivity contribution in [1.82, 2.24) is 15.0 Å². The Kier molecular flexibility index (Phi) is 5.52. The zero-order chi connectivity index (χ0) is 19.2. The van der Waals surface area contributed by atoms with Gasteiger partial charge in [0, 0.05) is 41.9 Å². The number of anilines is 2. The summed E-state index contributed by atoms with van der Waals surface area (Å²) >= 11 is 0. The number of hydrogen-bond acceptors (Lipinski definition) is 4. The fourth-order valence-corrected chi connectivity index (χ4v) is 3.37. The quantitative estimate of drug-likeness (QED) is 0.424. The van der Waals surface area contributed by atoms with Crippen LogP contribution < -0.4 is 10.6 Å². The van der Waals surface area contributed by atoms with Gasteiger partial charge in [0.25, 0.3) is 0 Å². The molecule has 2 heterocycles. The van der Waals surface area contributed by atoms with E-state index in [9.17, 15) is 0 Å². The third kappa shape index (κ3) is 4.49. The second kappa shape index (κ2) is 8.57. The number of aryl methyl sites for hydroxylation is 1. The number of hydrogen-bond donors (Lipinski definition) is 3. The van der Waals surface area contributed by atoms with E-state index in [2.05, 4.69) is 80.3 Å². The predicted octanol–water partition coefficient (Wildman–Crippen LogP) is 4.58. The van der Waals surface area contributed by atoms with Crippen LogP contribution in [0.5, 0.6) is 0 Å². The van der Waals surface area contributed by atoms with E-state index in [1.807, 2.05) is 19.1 Å². The zero-order valence-corrected chi connectivity index (χ0v) is 16.1. The molecule has 0 aliphatic rings. The number of rotatable bonds is 8. The minimum atomic E-state index is 0.672. The Morgan fingerprint density at radius 1 is 0.857 bits per heavy atom. The molecule has 2 aromatic heterocycles. The second-order valence-corrected chi connectivity index (χ2v) is 6.92. The van der Waals surface area contributed by atoms with Crippen LogP contribution >= 0.6 is 0 Å². The summed E-state index contributed by atoms with van der Waals surface area (Å²) in [6, 6.07) is 20.8. The Morgan fingerprint density at radius 3 is 2.54 bits per heavy atom. The van der Waals surface area contributed by atoms with Crippen molar-refractivity contribution in [2.45, 2.75) is 19.8 Å². The van der Waals surface area contributed by atoms with Crippen molar-refractivity contribution < 1.29 is 0 Å². The van der Waals surface area contributed by atoms with Crippen LogP contribution in [0.15, 0.2) is 66.9 Å². The molecule has 0 radical (unpaired) electrons. The SMILES string of the molecule is Cc1cc(NCCc2c[nH]c3ccccc23)nc(NCCc2ccccc2)n1. The zero-order valence-electron chi connectivity index (χ0n) is 16.1. The molecule has 0 unspecified atom stereocenters. The minimum absolute atomic E-state index is 0.672. The van der Waals surface area contributed by atoms with Gasteiger partial charge in [0.1, 0.15) is 5.82 Å². The van der Waals surface area contributed by atoms with Gasteiger partial charge in [-0.05, 0) is 37.0 Å². The van der Waals surface area contributed by atoms with Crippen molar-refractivity contribution in [2.75, 3.05) is 23.7 Å². The molecular weight excluding hydrogens is 346 g/mol. The summed E-state index contributed by atoms with van der Waals surface area (Å²) < 4.78 is 0. The first-order chi connectivity index (χ1) is 13.8. The molecule has 0 aliphatic heterocycles. The maximum absolute atomic E-state index is 4.60. The van der Waals surface area contributed by atoms with Crippen LogP contribution in [0, 0.1) is 6.92 Å². The number of nitrogens with zero attached hydrogens (tertiary/aromatic N) is 2. The Hall–Kier alpha value is -3.34. The molecule has 2 aromatic carbocycles. The number of nitrogens with one attached hydrogen (secondary N) is 3. The van der Waals surface area contributed by atoms with Crippen LogP contribution in [-0.2, 0) is 12.8 Å². The maximum atomic E-state index is 4.60. The summed E-state index contributed by atoms with van der Waals surface area (Å²) in [7, 11) is 0. The number of fused-ring (bicyclic) bond motifs is 1. The molecule has 0 fully saturated rings. The average molecular weight is 371 g/mol. The third-order valence-corrected chi connectivity index (χ3v) is 4.77. The van der Waals surface area contributed by atoms with Crippen molar-refractivity contribution in [1.29, 1.82) is 0 Å². The van der Waals surface area contributed by atoms with Gasteiger partial charge in [0.15, 0.2) is 0 Å². The molecule has 4 rings (SSSR count). The first kappa shape index (κ1) is 18.0. The van der Waals surface area contributed by atoms with Crippen molar-refractivity contribution in [3.8, 4) is 0 Å². The van der Waals surface area contributed by atoms with Crippen LogP contribution in [0.2, 0.25) is 0 Å². The van der Waals surface area contributed by atoms with E-state index in [0.717, 1.165) is 37.4 Å². The highest BCUT2D eigenvalue weighted by molar-refractivity contribution is 5.83. The van der Waals surface area contributed by atoms with E-state index in [1.54, 1.807) is 0 Å². The first-order valence-electron chi connectivity index (χ1n) is 9.70. The molecule has 0 bridgehead atoms. The molecule has 0 saturated carbocycles. The Bertz CT molecular complexity index is 1040. The summed E-state index contributed by atoms with van der Waals surface area (Å²) in [4.78, 5) is 12.4. The normalized spacial score (nSPS) is 10.9. The van der Waals surface area contributed by atoms with E-state index in [-0.39, 0.29) is 0 Å². The van der Waals surface area contributed by atoms with E-state index < -0.39 is 0 Å². The van der Waals surface area contributed by atoms with Crippen molar-refractivity contribution in [3.05, 3.63) is 83.7 Å². The topological polar surface area (TPSA) is 65.6 Å². The molecule has 0 saturated heterocycles. The highest BCUT2D eigenvalue weighted by atomic mass is 15.1. The summed E-state index contributed by atoms with van der Waals surface area (Å²) in [5.74, 6) is 1.53. The van der Waals surface area contributed by atoms with Crippen LogP contribution in [0.4, 0.5) is 11.8 Å². The fourth-order valence-electron chi connectivity index (χ4n) is 3.37. The lowest BCUT2D eigenvalue weighted by molar-refractivity contribution is 0.962. The third-order valence-electron chi connectivity index (χ3n) is 4.77. The molecule has 0 aliphatic carbocycles. The van der Waals surface area contributed by atoms with Crippen LogP contribution in [0.1, 0.15) is 16.8 Å².